The number of thioether (sulfide) groups is 1. The molecule has 0 atom stereocenters. The minimum absolute atomic E-state index is 0.0898. The molecule has 0 aliphatic rings. The summed E-state index contributed by atoms with van der Waals surface area (Å²) in [5.74, 6) is 0.0898. The largest absolute Gasteiger partial charge is 0.341 e. The van der Waals surface area contributed by atoms with Gasteiger partial charge >= 0.3 is 0 Å². The highest BCUT2D eigenvalue weighted by molar-refractivity contribution is 7.98. The minimum atomic E-state index is 0.0898. The Bertz CT molecular complexity index is 794. The van der Waals surface area contributed by atoms with Crippen LogP contribution in [0.4, 0.5) is 0 Å². The van der Waals surface area contributed by atoms with Gasteiger partial charge in [0.1, 0.15) is 5.01 Å². The summed E-state index contributed by atoms with van der Waals surface area (Å²) in [6, 6.07) is 12.4. The van der Waals surface area contributed by atoms with E-state index in [-0.39, 0.29) is 5.91 Å². The molecule has 3 rings (SSSR count). The average molecular weight is 375 g/mol. The van der Waals surface area contributed by atoms with Crippen molar-refractivity contribution in [2.24, 2.45) is 0 Å². The number of rotatable bonds is 6. The number of benzene rings is 1. The van der Waals surface area contributed by atoms with E-state index >= 15 is 0 Å². The zero-order valence-electron chi connectivity index (χ0n) is 13.6. The SMILES string of the molecule is CSc1ccc(CN(C)C(=O)Cc2csc(-c3cccs3)n2)cc1. The highest BCUT2D eigenvalue weighted by atomic mass is 32.2. The molecule has 0 radical (unpaired) electrons. The summed E-state index contributed by atoms with van der Waals surface area (Å²) in [5, 5.41) is 5.01. The Morgan fingerprint density at radius 3 is 2.67 bits per heavy atom. The first kappa shape index (κ1) is 17.2. The van der Waals surface area contributed by atoms with Crippen molar-refractivity contribution in [3.05, 3.63) is 58.4 Å². The lowest BCUT2D eigenvalue weighted by atomic mass is 10.2. The first-order valence-electron chi connectivity index (χ1n) is 7.51. The Hall–Kier alpha value is -1.63. The first-order chi connectivity index (χ1) is 11.7. The molecular formula is C18H18N2OS3. The van der Waals surface area contributed by atoms with Crippen molar-refractivity contribution in [3.8, 4) is 9.88 Å². The molecule has 0 N–H and O–H groups in total. The van der Waals surface area contributed by atoms with Crippen molar-refractivity contribution in [2.75, 3.05) is 13.3 Å². The molecule has 3 nitrogen and oxygen atoms in total. The lowest BCUT2D eigenvalue weighted by Gasteiger charge is -2.17. The number of thiophene rings is 1. The molecule has 0 fully saturated rings. The standard InChI is InChI=1S/C18H18N2OS3/c1-20(11-13-5-7-15(22-2)8-6-13)17(21)10-14-12-24-18(19-14)16-4-3-9-23-16/h3-9,12H,10-11H2,1-2H3. The van der Waals surface area contributed by atoms with Gasteiger partial charge in [0.25, 0.3) is 0 Å². The molecule has 0 saturated heterocycles. The summed E-state index contributed by atoms with van der Waals surface area (Å²) in [5.41, 5.74) is 1.99. The summed E-state index contributed by atoms with van der Waals surface area (Å²) in [6.07, 6.45) is 2.41. The van der Waals surface area contributed by atoms with E-state index in [1.54, 1.807) is 39.3 Å². The molecule has 1 amide bonds. The van der Waals surface area contributed by atoms with E-state index in [1.165, 1.54) is 4.90 Å². The highest BCUT2D eigenvalue weighted by Gasteiger charge is 2.13. The van der Waals surface area contributed by atoms with E-state index in [4.69, 9.17) is 0 Å². The van der Waals surface area contributed by atoms with Crippen molar-refractivity contribution in [1.29, 1.82) is 0 Å². The summed E-state index contributed by atoms with van der Waals surface area (Å²) in [4.78, 5) is 21.2. The van der Waals surface area contributed by atoms with Crippen LogP contribution in [0.3, 0.4) is 0 Å². The van der Waals surface area contributed by atoms with Crippen molar-refractivity contribution in [2.45, 2.75) is 17.9 Å². The van der Waals surface area contributed by atoms with E-state index in [2.05, 4.69) is 41.6 Å². The predicted molar refractivity (Wildman–Crippen MR) is 104 cm³/mol. The molecule has 0 saturated carbocycles. The third-order valence-corrected chi connectivity index (χ3v) is 6.29. The zero-order valence-corrected chi connectivity index (χ0v) is 16.0. The zero-order chi connectivity index (χ0) is 16.9. The van der Waals surface area contributed by atoms with Crippen LogP contribution in [-0.2, 0) is 17.8 Å². The maximum absolute atomic E-state index is 12.4. The topological polar surface area (TPSA) is 33.2 Å². The second-order valence-electron chi connectivity index (χ2n) is 5.40. The summed E-state index contributed by atoms with van der Waals surface area (Å²) >= 11 is 4.98. The van der Waals surface area contributed by atoms with Gasteiger partial charge in [0.05, 0.1) is 17.0 Å². The molecule has 0 aliphatic heterocycles. The van der Waals surface area contributed by atoms with E-state index in [0.717, 1.165) is 21.1 Å². The third kappa shape index (κ3) is 4.26. The highest BCUT2D eigenvalue weighted by Crippen LogP contribution is 2.28. The molecule has 0 bridgehead atoms. The fourth-order valence-corrected chi connectivity index (χ4v) is 4.33. The Kier molecular flexibility index (Phi) is 5.71. The molecule has 0 aliphatic carbocycles. The van der Waals surface area contributed by atoms with E-state index in [9.17, 15) is 4.79 Å². The van der Waals surface area contributed by atoms with Gasteiger partial charge in [0.15, 0.2) is 0 Å². The number of hydrogen-bond donors (Lipinski definition) is 0. The Morgan fingerprint density at radius 2 is 2.00 bits per heavy atom. The van der Waals surface area contributed by atoms with Gasteiger partial charge in [-0.05, 0) is 35.4 Å². The lowest BCUT2D eigenvalue weighted by Crippen LogP contribution is -2.27. The fraction of sp³-hybridized carbons (Fsp3) is 0.222. The van der Waals surface area contributed by atoms with Gasteiger partial charge in [-0.3, -0.25) is 4.79 Å². The Morgan fingerprint density at radius 1 is 1.21 bits per heavy atom. The van der Waals surface area contributed by atoms with Gasteiger partial charge in [-0.2, -0.15) is 0 Å². The number of thiazole rings is 1. The van der Waals surface area contributed by atoms with Crippen molar-refractivity contribution in [3.63, 3.8) is 0 Å². The molecule has 24 heavy (non-hydrogen) atoms. The van der Waals surface area contributed by atoms with Gasteiger partial charge in [0.2, 0.25) is 5.91 Å². The maximum atomic E-state index is 12.4. The van der Waals surface area contributed by atoms with Crippen molar-refractivity contribution in [1.82, 2.24) is 9.88 Å². The number of likely N-dealkylation sites (N-methyl/N-ethyl adjacent to an activating group) is 1. The van der Waals surface area contributed by atoms with Crippen LogP contribution in [0, 0.1) is 0 Å². The number of hydrogen-bond acceptors (Lipinski definition) is 5. The van der Waals surface area contributed by atoms with Crippen LogP contribution in [0.25, 0.3) is 9.88 Å². The van der Waals surface area contributed by atoms with Gasteiger partial charge in [0, 0.05) is 23.9 Å². The van der Waals surface area contributed by atoms with Gasteiger partial charge < -0.3 is 4.90 Å². The number of carbonyl (C=O) groups is 1. The molecule has 2 aromatic heterocycles. The molecule has 0 unspecified atom stereocenters. The number of aromatic nitrogens is 1. The smallest absolute Gasteiger partial charge is 0.228 e. The average Bonchev–Trinajstić information content (AvgIpc) is 3.26. The van der Waals surface area contributed by atoms with E-state index < -0.39 is 0 Å². The molecule has 2 heterocycles. The second-order valence-corrected chi connectivity index (χ2v) is 8.08. The minimum Gasteiger partial charge on any atom is -0.341 e. The molecule has 6 heteroatoms. The van der Waals surface area contributed by atoms with Gasteiger partial charge in [-0.1, -0.05) is 18.2 Å². The normalized spacial score (nSPS) is 10.8. The van der Waals surface area contributed by atoms with Crippen molar-refractivity contribution < 1.29 is 4.79 Å². The molecular weight excluding hydrogens is 356 g/mol. The van der Waals surface area contributed by atoms with Crippen LogP contribution in [0.2, 0.25) is 0 Å². The molecule has 124 valence electrons. The molecule has 1 aromatic carbocycles. The maximum Gasteiger partial charge on any atom is 0.228 e. The summed E-state index contributed by atoms with van der Waals surface area (Å²) in [6.45, 7) is 0.620. The van der Waals surface area contributed by atoms with E-state index in [1.807, 2.05) is 23.9 Å². The number of amides is 1. The van der Waals surface area contributed by atoms with Crippen molar-refractivity contribution >= 4 is 40.3 Å². The number of nitrogens with zero attached hydrogens (tertiary/aromatic N) is 2. The molecule has 0 spiro atoms. The van der Waals surface area contributed by atoms with Crippen LogP contribution >= 0.6 is 34.4 Å². The summed E-state index contributed by atoms with van der Waals surface area (Å²) in [7, 11) is 1.84. The van der Waals surface area contributed by atoms with Gasteiger partial charge in [-0.25, -0.2) is 4.98 Å². The third-order valence-electron chi connectivity index (χ3n) is 3.62. The van der Waals surface area contributed by atoms with Crippen LogP contribution in [0.15, 0.2) is 52.1 Å². The Labute approximate surface area is 154 Å². The monoisotopic (exact) mass is 374 g/mol. The van der Waals surface area contributed by atoms with Gasteiger partial charge in [-0.15, -0.1) is 34.4 Å². The first-order valence-corrected chi connectivity index (χ1v) is 10.5. The predicted octanol–water partition coefficient (Wildman–Crippen LogP) is 4.79. The van der Waals surface area contributed by atoms with Crippen LogP contribution in [0.1, 0.15) is 11.3 Å². The molecule has 3 aromatic rings. The number of carbonyl (C=O) groups excluding carboxylic acids is 1. The van der Waals surface area contributed by atoms with Crippen LogP contribution in [-0.4, -0.2) is 29.1 Å². The summed E-state index contributed by atoms with van der Waals surface area (Å²) < 4.78 is 0. The second kappa shape index (κ2) is 7.96. The van der Waals surface area contributed by atoms with Crippen LogP contribution in [0.5, 0.6) is 0 Å². The lowest BCUT2D eigenvalue weighted by molar-refractivity contribution is -0.129. The quantitative estimate of drug-likeness (QED) is 0.581. The Balaban J connectivity index is 1.59. The fourth-order valence-electron chi connectivity index (χ4n) is 2.28. The van der Waals surface area contributed by atoms with E-state index in [0.29, 0.717) is 13.0 Å². The van der Waals surface area contributed by atoms with Crippen LogP contribution < -0.4 is 0 Å².